The fourth-order valence-corrected chi connectivity index (χ4v) is 6.16. The van der Waals surface area contributed by atoms with Crippen molar-refractivity contribution >= 4 is 39.1 Å². The van der Waals surface area contributed by atoms with E-state index in [2.05, 4.69) is 5.32 Å². The second-order valence-electron chi connectivity index (χ2n) is 10.2. The van der Waals surface area contributed by atoms with Gasteiger partial charge in [-0.2, -0.15) is 13.2 Å². The Kier molecular flexibility index (Phi) is 11.3. The molecule has 0 heterocycles. The van der Waals surface area contributed by atoms with Gasteiger partial charge in [0.2, 0.25) is 11.8 Å². The number of anilines is 1. The lowest BCUT2D eigenvalue weighted by Crippen LogP contribution is -2.53. The van der Waals surface area contributed by atoms with Crippen LogP contribution in [0.5, 0.6) is 0 Å². The molecule has 3 rings (SSSR count). The lowest BCUT2D eigenvalue weighted by Gasteiger charge is -2.34. The zero-order chi connectivity index (χ0) is 31.9. The van der Waals surface area contributed by atoms with Gasteiger partial charge in [0.15, 0.2) is 0 Å². The van der Waals surface area contributed by atoms with E-state index in [4.69, 9.17) is 11.6 Å². The van der Waals surface area contributed by atoms with Gasteiger partial charge in [0.05, 0.1) is 21.2 Å². The highest BCUT2D eigenvalue weighted by Crippen LogP contribution is 2.37. The van der Waals surface area contributed by atoms with E-state index in [0.717, 1.165) is 23.3 Å². The van der Waals surface area contributed by atoms with Gasteiger partial charge in [0.1, 0.15) is 12.6 Å². The van der Waals surface area contributed by atoms with Gasteiger partial charge in [0.25, 0.3) is 10.0 Å². The predicted octanol–water partition coefficient (Wildman–Crippen LogP) is 6.58. The van der Waals surface area contributed by atoms with Crippen molar-refractivity contribution in [3.05, 3.63) is 94.5 Å². The van der Waals surface area contributed by atoms with Crippen molar-refractivity contribution < 1.29 is 31.2 Å². The number of carbonyl (C=O) groups is 2. The van der Waals surface area contributed by atoms with E-state index < -0.39 is 51.9 Å². The van der Waals surface area contributed by atoms with Crippen molar-refractivity contribution in [2.75, 3.05) is 10.8 Å². The maximum atomic E-state index is 14.1. The molecule has 12 heteroatoms. The first-order valence-corrected chi connectivity index (χ1v) is 15.6. The molecule has 0 radical (unpaired) electrons. The van der Waals surface area contributed by atoms with Crippen LogP contribution in [0.15, 0.2) is 77.7 Å². The minimum Gasteiger partial charge on any atom is -0.352 e. The smallest absolute Gasteiger partial charge is 0.352 e. The number of amides is 2. The first kappa shape index (κ1) is 33.9. The molecule has 0 fully saturated rings. The summed E-state index contributed by atoms with van der Waals surface area (Å²) in [6.07, 6.45) is -3.95. The number of carbonyl (C=O) groups excluding carboxylic acids is 2. The Hall–Kier alpha value is -3.57. The van der Waals surface area contributed by atoms with Crippen LogP contribution in [0.4, 0.5) is 18.9 Å². The number of hydrogen-bond donors (Lipinski definition) is 1. The normalized spacial score (nSPS) is 13.2. The van der Waals surface area contributed by atoms with Gasteiger partial charge in [-0.3, -0.25) is 13.9 Å². The molecule has 0 spiro atoms. The van der Waals surface area contributed by atoms with Gasteiger partial charge < -0.3 is 10.2 Å². The van der Waals surface area contributed by atoms with E-state index in [1.54, 1.807) is 25.1 Å². The summed E-state index contributed by atoms with van der Waals surface area (Å²) in [7, 11) is -4.59. The molecule has 0 aliphatic rings. The molecule has 2 atom stereocenters. The van der Waals surface area contributed by atoms with Crippen LogP contribution in [0.25, 0.3) is 0 Å². The Bertz CT molecular complexity index is 1530. The third-order valence-electron chi connectivity index (χ3n) is 7.14. The van der Waals surface area contributed by atoms with Crippen molar-refractivity contribution in [2.24, 2.45) is 0 Å². The standard InChI is InChI=1S/C31H35ClF3N3O4S/c1-5-22(4)36-30(40)27(6-2)37(19-23-13-11-10-12-21(23)3)29(39)20-38(43(41,42)25-14-8-7-9-15-25)28-18-24(31(33,34)35)16-17-26(28)32/h7-18,22,27H,5-6,19-20H2,1-4H3,(H,36,40)/t22-,27+/m0/s1. The summed E-state index contributed by atoms with van der Waals surface area (Å²) in [6.45, 7) is 6.34. The summed E-state index contributed by atoms with van der Waals surface area (Å²) in [6, 6.07) is 15.4. The summed E-state index contributed by atoms with van der Waals surface area (Å²) < 4.78 is 69.5. The molecule has 7 nitrogen and oxygen atoms in total. The van der Waals surface area contributed by atoms with Crippen LogP contribution in [0.2, 0.25) is 5.02 Å². The van der Waals surface area contributed by atoms with E-state index in [0.29, 0.717) is 16.8 Å². The molecule has 1 N–H and O–H groups in total. The summed E-state index contributed by atoms with van der Waals surface area (Å²) in [5.41, 5.74) is -0.0854. The molecule has 0 aliphatic heterocycles. The van der Waals surface area contributed by atoms with E-state index >= 15 is 0 Å². The van der Waals surface area contributed by atoms with E-state index in [1.165, 1.54) is 29.2 Å². The van der Waals surface area contributed by atoms with Crippen LogP contribution < -0.4 is 9.62 Å². The third-order valence-corrected chi connectivity index (χ3v) is 9.23. The van der Waals surface area contributed by atoms with Gasteiger partial charge >= 0.3 is 6.18 Å². The molecule has 0 saturated carbocycles. The Morgan fingerprint density at radius 3 is 2.16 bits per heavy atom. The van der Waals surface area contributed by atoms with Gasteiger partial charge in [0, 0.05) is 12.6 Å². The minimum atomic E-state index is -4.80. The van der Waals surface area contributed by atoms with Gasteiger partial charge in [-0.25, -0.2) is 8.42 Å². The van der Waals surface area contributed by atoms with Crippen molar-refractivity contribution in [3.63, 3.8) is 0 Å². The average molecular weight is 638 g/mol. The molecule has 43 heavy (non-hydrogen) atoms. The molecular weight excluding hydrogens is 603 g/mol. The number of alkyl halides is 3. The third kappa shape index (κ3) is 8.29. The maximum Gasteiger partial charge on any atom is 0.416 e. The van der Waals surface area contributed by atoms with Crippen LogP contribution in [0, 0.1) is 6.92 Å². The molecule has 2 amide bonds. The predicted molar refractivity (Wildman–Crippen MR) is 161 cm³/mol. The molecule has 232 valence electrons. The topological polar surface area (TPSA) is 86.8 Å². The van der Waals surface area contributed by atoms with E-state index in [-0.39, 0.29) is 28.9 Å². The number of benzene rings is 3. The highest BCUT2D eigenvalue weighted by atomic mass is 35.5. The molecular formula is C31H35ClF3N3O4S. The SMILES string of the molecule is CC[C@H](C(=O)N[C@@H](C)CC)N(Cc1ccccc1C)C(=O)CN(c1cc(C(F)(F)F)ccc1Cl)S(=O)(=O)c1ccccc1. The molecule has 0 unspecified atom stereocenters. The Morgan fingerprint density at radius 2 is 1.58 bits per heavy atom. The zero-order valence-electron chi connectivity index (χ0n) is 24.4. The van der Waals surface area contributed by atoms with Crippen LogP contribution >= 0.6 is 11.6 Å². The molecule has 0 saturated heterocycles. The van der Waals surface area contributed by atoms with Gasteiger partial charge in [-0.15, -0.1) is 0 Å². The largest absolute Gasteiger partial charge is 0.416 e. The number of halogens is 4. The fraction of sp³-hybridized carbons (Fsp3) is 0.355. The molecule has 0 bridgehead atoms. The van der Waals surface area contributed by atoms with Crippen molar-refractivity contribution in [2.45, 2.75) is 70.2 Å². The number of nitrogens with one attached hydrogen (secondary N) is 1. The number of rotatable bonds is 12. The van der Waals surface area contributed by atoms with Crippen LogP contribution in [-0.2, 0) is 32.3 Å². The Morgan fingerprint density at radius 1 is 0.953 bits per heavy atom. The summed E-state index contributed by atoms with van der Waals surface area (Å²) in [4.78, 5) is 28.5. The fourth-order valence-electron chi connectivity index (χ4n) is 4.44. The van der Waals surface area contributed by atoms with Crippen LogP contribution in [-0.4, -0.2) is 43.8 Å². The Labute approximate surface area is 255 Å². The quantitative estimate of drug-likeness (QED) is 0.243. The minimum absolute atomic E-state index is 0.0342. The van der Waals surface area contributed by atoms with E-state index in [1.807, 2.05) is 32.9 Å². The highest BCUT2D eigenvalue weighted by molar-refractivity contribution is 7.92. The lowest BCUT2D eigenvalue weighted by atomic mass is 10.1. The van der Waals surface area contributed by atoms with Crippen molar-refractivity contribution in [1.29, 1.82) is 0 Å². The summed E-state index contributed by atoms with van der Waals surface area (Å²) >= 11 is 6.30. The lowest BCUT2D eigenvalue weighted by molar-refractivity contribution is -0.140. The maximum absolute atomic E-state index is 14.1. The highest BCUT2D eigenvalue weighted by Gasteiger charge is 2.37. The monoisotopic (exact) mass is 637 g/mol. The zero-order valence-corrected chi connectivity index (χ0v) is 25.9. The molecule has 0 aromatic heterocycles. The number of hydrogen-bond acceptors (Lipinski definition) is 4. The molecule has 0 aliphatic carbocycles. The number of aryl methyl sites for hydroxylation is 1. The second-order valence-corrected chi connectivity index (χ2v) is 12.4. The molecule has 3 aromatic carbocycles. The van der Waals surface area contributed by atoms with Crippen LogP contribution in [0.1, 0.15) is 50.3 Å². The summed E-state index contributed by atoms with van der Waals surface area (Å²) in [5, 5.41) is 2.58. The number of sulfonamides is 1. The van der Waals surface area contributed by atoms with Gasteiger partial charge in [-0.1, -0.05) is 67.9 Å². The van der Waals surface area contributed by atoms with Crippen molar-refractivity contribution in [1.82, 2.24) is 10.2 Å². The van der Waals surface area contributed by atoms with Crippen LogP contribution in [0.3, 0.4) is 0 Å². The average Bonchev–Trinajstić information content (AvgIpc) is 2.96. The first-order chi connectivity index (χ1) is 20.2. The first-order valence-electron chi connectivity index (χ1n) is 13.8. The van der Waals surface area contributed by atoms with Gasteiger partial charge in [-0.05, 0) is 68.1 Å². The molecule has 3 aromatic rings. The second kappa shape index (κ2) is 14.3. The van der Waals surface area contributed by atoms with Crippen molar-refractivity contribution in [3.8, 4) is 0 Å². The number of nitrogens with zero attached hydrogens (tertiary/aromatic N) is 2. The summed E-state index contributed by atoms with van der Waals surface area (Å²) in [5.74, 6) is -1.21. The Balaban J connectivity index is 2.16. The van der Waals surface area contributed by atoms with E-state index in [9.17, 15) is 31.2 Å².